The third kappa shape index (κ3) is 2.80. The topological polar surface area (TPSA) is 102 Å². The number of amides is 1. The van der Waals surface area contributed by atoms with Crippen LogP contribution in [0.3, 0.4) is 0 Å². The number of H-pyrrole nitrogens is 1. The molecule has 0 bridgehead atoms. The molecule has 0 atom stereocenters. The Labute approximate surface area is 157 Å². The van der Waals surface area contributed by atoms with E-state index in [4.69, 9.17) is 11.6 Å². The zero-order valence-corrected chi connectivity index (χ0v) is 15.2. The second kappa shape index (κ2) is 6.10. The van der Waals surface area contributed by atoms with Crippen molar-refractivity contribution in [3.63, 3.8) is 0 Å². The molecule has 0 aliphatic heterocycles. The number of aromatic nitrogens is 4. The molecule has 4 aromatic rings. The summed E-state index contributed by atoms with van der Waals surface area (Å²) in [5.41, 5.74) is 0.789. The number of hydrogen-bond donors (Lipinski definition) is 2. The number of fused-ring (bicyclic) bond motifs is 2. The van der Waals surface area contributed by atoms with E-state index >= 15 is 0 Å². The Morgan fingerprint density at radius 3 is 2.70 bits per heavy atom. The van der Waals surface area contributed by atoms with Crippen molar-refractivity contribution >= 4 is 45.1 Å². The minimum atomic E-state index is -0.475. The Balaban J connectivity index is 1.73. The van der Waals surface area contributed by atoms with Gasteiger partial charge in [-0.25, -0.2) is 9.78 Å². The number of carbonyl (C=O) groups is 1. The Morgan fingerprint density at radius 1 is 1.15 bits per heavy atom. The number of pyridine rings is 1. The Morgan fingerprint density at radius 2 is 1.93 bits per heavy atom. The first-order valence-electron chi connectivity index (χ1n) is 8.00. The van der Waals surface area contributed by atoms with Crippen LogP contribution in [0.25, 0.3) is 21.9 Å². The van der Waals surface area contributed by atoms with Gasteiger partial charge in [0, 0.05) is 30.0 Å². The van der Waals surface area contributed by atoms with Crippen molar-refractivity contribution < 1.29 is 4.79 Å². The highest BCUT2D eigenvalue weighted by atomic mass is 35.5. The van der Waals surface area contributed by atoms with E-state index in [0.29, 0.717) is 16.4 Å². The normalized spacial score (nSPS) is 11.2. The molecule has 0 fully saturated rings. The minimum absolute atomic E-state index is 0.237. The zero-order valence-electron chi connectivity index (χ0n) is 14.4. The molecule has 27 heavy (non-hydrogen) atoms. The number of rotatable bonds is 2. The molecule has 0 aliphatic rings. The van der Waals surface area contributed by atoms with Gasteiger partial charge in [-0.2, -0.15) is 0 Å². The van der Waals surface area contributed by atoms with E-state index in [0.717, 1.165) is 15.5 Å². The maximum Gasteiger partial charge on any atom is 0.332 e. The molecule has 0 radical (unpaired) electrons. The Hall–Kier alpha value is -3.39. The highest BCUT2D eigenvalue weighted by Crippen LogP contribution is 2.21. The van der Waals surface area contributed by atoms with E-state index in [1.54, 1.807) is 24.3 Å². The molecule has 3 aromatic heterocycles. The van der Waals surface area contributed by atoms with Crippen molar-refractivity contribution in [2.24, 2.45) is 14.1 Å². The third-order valence-electron chi connectivity index (χ3n) is 4.38. The van der Waals surface area contributed by atoms with Gasteiger partial charge in [0.25, 0.3) is 11.5 Å². The summed E-state index contributed by atoms with van der Waals surface area (Å²) in [4.78, 5) is 44.0. The van der Waals surface area contributed by atoms with Crippen LogP contribution >= 0.6 is 11.6 Å². The van der Waals surface area contributed by atoms with Crippen LogP contribution in [-0.2, 0) is 14.1 Å². The van der Waals surface area contributed by atoms with Crippen molar-refractivity contribution in [2.75, 3.05) is 5.32 Å². The molecule has 0 saturated carbocycles. The van der Waals surface area contributed by atoms with Gasteiger partial charge in [0.05, 0.1) is 17.3 Å². The third-order valence-corrected chi connectivity index (χ3v) is 4.61. The fourth-order valence-electron chi connectivity index (χ4n) is 2.96. The number of aryl methyl sites for hydroxylation is 1. The van der Waals surface area contributed by atoms with Crippen molar-refractivity contribution in [3.8, 4) is 0 Å². The summed E-state index contributed by atoms with van der Waals surface area (Å²) in [6.07, 6.45) is 1.40. The summed E-state index contributed by atoms with van der Waals surface area (Å²) >= 11 is 5.97. The lowest BCUT2D eigenvalue weighted by molar-refractivity contribution is 0.102. The molecule has 4 rings (SSSR count). The van der Waals surface area contributed by atoms with E-state index in [-0.39, 0.29) is 16.9 Å². The lowest BCUT2D eigenvalue weighted by atomic mass is 10.2. The Bertz CT molecular complexity index is 1350. The Kier molecular flexibility index (Phi) is 3.85. The molecule has 136 valence electrons. The van der Waals surface area contributed by atoms with Crippen LogP contribution in [0, 0.1) is 0 Å². The molecule has 1 aromatic carbocycles. The van der Waals surface area contributed by atoms with E-state index < -0.39 is 11.2 Å². The van der Waals surface area contributed by atoms with Crippen LogP contribution in [0.2, 0.25) is 5.02 Å². The summed E-state index contributed by atoms with van der Waals surface area (Å²) in [6, 6.07) is 8.47. The number of anilines is 1. The van der Waals surface area contributed by atoms with Crippen LogP contribution in [0.5, 0.6) is 0 Å². The second-order valence-corrected chi connectivity index (χ2v) is 6.61. The second-order valence-electron chi connectivity index (χ2n) is 6.17. The highest BCUT2D eigenvalue weighted by Gasteiger charge is 2.13. The number of hydrogen-bond acceptors (Lipinski definition) is 4. The standard InChI is InChI=1S/C18H14ClN5O3/c1-23-15-12(17(26)24(2)18(23)27)7-11(8-20-15)21-16(25)14-6-9-5-10(19)3-4-13(9)22-14/h3-8,22H,1-2H3,(H,21,25). The van der Waals surface area contributed by atoms with Gasteiger partial charge in [0.2, 0.25) is 0 Å². The average Bonchev–Trinajstić information content (AvgIpc) is 3.08. The maximum atomic E-state index is 12.5. The van der Waals surface area contributed by atoms with Crippen LogP contribution in [0.15, 0.2) is 46.1 Å². The van der Waals surface area contributed by atoms with Crippen LogP contribution in [-0.4, -0.2) is 25.0 Å². The molecule has 0 aliphatic carbocycles. The molecular formula is C18H14ClN5O3. The number of aromatic amines is 1. The molecule has 9 heteroatoms. The lowest BCUT2D eigenvalue weighted by Gasteiger charge is -2.08. The van der Waals surface area contributed by atoms with E-state index in [1.807, 2.05) is 0 Å². The molecule has 1 amide bonds. The summed E-state index contributed by atoms with van der Waals surface area (Å²) in [6.45, 7) is 0. The highest BCUT2D eigenvalue weighted by molar-refractivity contribution is 6.31. The smallest absolute Gasteiger partial charge is 0.332 e. The molecule has 0 spiro atoms. The largest absolute Gasteiger partial charge is 0.351 e. The minimum Gasteiger partial charge on any atom is -0.351 e. The molecule has 0 saturated heterocycles. The van der Waals surface area contributed by atoms with Gasteiger partial charge in [0.1, 0.15) is 11.3 Å². The van der Waals surface area contributed by atoms with Gasteiger partial charge < -0.3 is 10.3 Å². The number of nitrogens with zero attached hydrogens (tertiary/aromatic N) is 3. The predicted octanol–water partition coefficient (Wildman–Crippen LogP) is 2.02. The lowest BCUT2D eigenvalue weighted by Crippen LogP contribution is -2.37. The quantitative estimate of drug-likeness (QED) is 0.552. The van der Waals surface area contributed by atoms with E-state index in [1.165, 1.54) is 30.9 Å². The fourth-order valence-corrected chi connectivity index (χ4v) is 3.14. The summed E-state index contributed by atoms with van der Waals surface area (Å²) in [7, 11) is 2.93. The van der Waals surface area contributed by atoms with Crippen molar-refractivity contribution in [2.45, 2.75) is 0 Å². The van der Waals surface area contributed by atoms with Crippen molar-refractivity contribution in [1.82, 2.24) is 19.1 Å². The average molecular weight is 384 g/mol. The summed E-state index contributed by atoms with van der Waals surface area (Å²) in [5.74, 6) is -0.384. The molecule has 2 N–H and O–H groups in total. The first-order valence-corrected chi connectivity index (χ1v) is 8.38. The maximum absolute atomic E-state index is 12.5. The molecule has 8 nitrogen and oxygen atoms in total. The SMILES string of the molecule is Cn1c(=O)c2cc(NC(=O)c3cc4cc(Cl)ccc4[nH]3)cnc2n(C)c1=O. The van der Waals surface area contributed by atoms with Gasteiger partial charge in [0.15, 0.2) is 0 Å². The zero-order chi connectivity index (χ0) is 19.3. The van der Waals surface area contributed by atoms with Gasteiger partial charge in [-0.3, -0.25) is 18.7 Å². The van der Waals surface area contributed by atoms with Gasteiger partial charge in [-0.05, 0) is 30.3 Å². The predicted molar refractivity (Wildman–Crippen MR) is 103 cm³/mol. The first-order chi connectivity index (χ1) is 12.8. The number of benzene rings is 1. The van der Waals surface area contributed by atoms with Crippen molar-refractivity contribution in [1.29, 1.82) is 0 Å². The number of carbonyl (C=O) groups excluding carboxylic acids is 1. The summed E-state index contributed by atoms with van der Waals surface area (Å²) in [5, 5.41) is 4.33. The van der Waals surface area contributed by atoms with E-state index in [9.17, 15) is 14.4 Å². The van der Waals surface area contributed by atoms with Crippen LogP contribution < -0.4 is 16.6 Å². The van der Waals surface area contributed by atoms with Crippen molar-refractivity contribution in [3.05, 3.63) is 68.1 Å². The van der Waals surface area contributed by atoms with Crippen LogP contribution in [0.4, 0.5) is 5.69 Å². The number of halogens is 1. The fraction of sp³-hybridized carbons (Fsp3) is 0.111. The molecule has 0 unspecified atom stereocenters. The van der Waals surface area contributed by atoms with Gasteiger partial charge >= 0.3 is 5.69 Å². The monoisotopic (exact) mass is 383 g/mol. The van der Waals surface area contributed by atoms with E-state index in [2.05, 4.69) is 15.3 Å². The molecular weight excluding hydrogens is 370 g/mol. The first kappa shape index (κ1) is 17.0. The molecule has 3 heterocycles. The summed E-state index contributed by atoms with van der Waals surface area (Å²) < 4.78 is 2.28. The van der Waals surface area contributed by atoms with Crippen LogP contribution in [0.1, 0.15) is 10.5 Å². The number of nitrogens with one attached hydrogen (secondary N) is 2. The van der Waals surface area contributed by atoms with Gasteiger partial charge in [-0.1, -0.05) is 11.6 Å². The van der Waals surface area contributed by atoms with Gasteiger partial charge in [-0.15, -0.1) is 0 Å².